The summed E-state index contributed by atoms with van der Waals surface area (Å²) in [7, 11) is 0. The van der Waals surface area contributed by atoms with E-state index in [0.29, 0.717) is 32.1 Å². The normalized spacial score (nSPS) is 14.4. The van der Waals surface area contributed by atoms with Crippen molar-refractivity contribution in [1.29, 1.82) is 0 Å². The molecule has 0 bridgehead atoms. The van der Waals surface area contributed by atoms with Crippen molar-refractivity contribution in [3.63, 3.8) is 0 Å². The van der Waals surface area contributed by atoms with E-state index in [2.05, 4.69) is 25.5 Å². The maximum Gasteiger partial charge on any atom is 0.239 e. The zero-order valence-electron chi connectivity index (χ0n) is 13.4. The number of amides is 2. The number of carbonyl (C=O) groups excluding carboxylic acids is 2. The molecule has 0 aliphatic carbocycles. The quantitative estimate of drug-likeness (QED) is 0.725. The van der Waals surface area contributed by atoms with Crippen LogP contribution < -0.4 is 15.5 Å². The number of rotatable bonds is 7. The van der Waals surface area contributed by atoms with Gasteiger partial charge in [-0.3, -0.25) is 9.59 Å². The highest BCUT2D eigenvalue weighted by atomic mass is 16.5. The molecule has 1 saturated heterocycles. The van der Waals surface area contributed by atoms with Crippen LogP contribution in [-0.2, 0) is 20.9 Å². The van der Waals surface area contributed by atoms with Crippen LogP contribution in [0.4, 0.5) is 5.95 Å². The van der Waals surface area contributed by atoms with Crippen LogP contribution in [0.25, 0.3) is 0 Å². The summed E-state index contributed by atoms with van der Waals surface area (Å²) in [6.07, 6.45) is 2.88. The standard InChI is InChI=1S/C15H23N5O3/c1-2-3-13(21)18-11-14(22)17-10-12-4-5-16-15(19-12)20-6-8-23-9-7-20/h4-5H,2-3,6-11H2,1H3,(H,17,22)(H,18,21). The van der Waals surface area contributed by atoms with Crippen LogP contribution in [-0.4, -0.2) is 54.6 Å². The molecule has 8 heteroatoms. The van der Waals surface area contributed by atoms with E-state index in [4.69, 9.17) is 4.74 Å². The third-order valence-electron chi connectivity index (χ3n) is 3.38. The first-order valence-corrected chi connectivity index (χ1v) is 7.87. The number of aromatic nitrogens is 2. The van der Waals surface area contributed by atoms with Gasteiger partial charge in [-0.25, -0.2) is 9.97 Å². The molecule has 0 unspecified atom stereocenters. The van der Waals surface area contributed by atoms with Crippen LogP contribution in [0, 0.1) is 0 Å². The minimum Gasteiger partial charge on any atom is -0.378 e. The van der Waals surface area contributed by atoms with E-state index < -0.39 is 0 Å². The smallest absolute Gasteiger partial charge is 0.239 e. The second-order valence-corrected chi connectivity index (χ2v) is 5.25. The van der Waals surface area contributed by atoms with Gasteiger partial charge < -0.3 is 20.3 Å². The van der Waals surface area contributed by atoms with Crippen molar-refractivity contribution >= 4 is 17.8 Å². The molecule has 23 heavy (non-hydrogen) atoms. The maximum absolute atomic E-state index is 11.7. The largest absolute Gasteiger partial charge is 0.378 e. The molecule has 0 radical (unpaired) electrons. The van der Waals surface area contributed by atoms with E-state index in [-0.39, 0.29) is 18.4 Å². The summed E-state index contributed by atoms with van der Waals surface area (Å²) < 4.78 is 5.31. The van der Waals surface area contributed by atoms with Crippen LogP contribution >= 0.6 is 0 Å². The molecule has 0 saturated carbocycles. The van der Waals surface area contributed by atoms with Crippen molar-refractivity contribution in [3.05, 3.63) is 18.0 Å². The summed E-state index contributed by atoms with van der Waals surface area (Å²) in [4.78, 5) is 33.8. The molecule has 2 N–H and O–H groups in total. The van der Waals surface area contributed by atoms with Crippen molar-refractivity contribution < 1.29 is 14.3 Å². The summed E-state index contributed by atoms with van der Waals surface area (Å²) in [5.41, 5.74) is 0.731. The van der Waals surface area contributed by atoms with Gasteiger partial charge >= 0.3 is 0 Å². The lowest BCUT2D eigenvalue weighted by Crippen LogP contribution is -2.38. The Morgan fingerprint density at radius 2 is 2.04 bits per heavy atom. The highest BCUT2D eigenvalue weighted by Crippen LogP contribution is 2.09. The Morgan fingerprint density at radius 1 is 1.26 bits per heavy atom. The third-order valence-corrected chi connectivity index (χ3v) is 3.38. The van der Waals surface area contributed by atoms with Crippen molar-refractivity contribution in [2.75, 3.05) is 37.7 Å². The summed E-state index contributed by atoms with van der Waals surface area (Å²) in [6.45, 7) is 5.07. The molecule has 1 aliphatic heterocycles. The third kappa shape index (κ3) is 5.82. The summed E-state index contributed by atoms with van der Waals surface area (Å²) in [5, 5.41) is 5.32. The number of anilines is 1. The van der Waals surface area contributed by atoms with Crippen LogP contribution in [0.3, 0.4) is 0 Å². The molecule has 1 aromatic rings. The topological polar surface area (TPSA) is 96.5 Å². The first kappa shape index (κ1) is 17.1. The Balaban J connectivity index is 1.78. The van der Waals surface area contributed by atoms with Gasteiger partial charge in [0.2, 0.25) is 17.8 Å². The van der Waals surface area contributed by atoms with Gasteiger partial charge in [0.15, 0.2) is 0 Å². The highest BCUT2D eigenvalue weighted by molar-refractivity contribution is 5.84. The fraction of sp³-hybridized carbons (Fsp3) is 0.600. The van der Waals surface area contributed by atoms with E-state index in [1.165, 1.54) is 0 Å². The zero-order chi connectivity index (χ0) is 16.5. The molecule has 1 fully saturated rings. The molecule has 1 aliphatic rings. The summed E-state index contributed by atoms with van der Waals surface area (Å²) >= 11 is 0. The number of morpholine rings is 1. The Kier molecular flexibility index (Phi) is 6.74. The first-order valence-electron chi connectivity index (χ1n) is 7.87. The van der Waals surface area contributed by atoms with Crippen molar-refractivity contribution in [2.24, 2.45) is 0 Å². The molecule has 2 rings (SSSR count). The molecule has 126 valence electrons. The number of carbonyl (C=O) groups is 2. The fourth-order valence-corrected chi connectivity index (χ4v) is 2.14. The second kappa shape index (κ2) is 9.04. The van der Waals surface area contributed by atoms with Gasteiger partial charge in [0, 0.05) is 25.7 Å². The molecule has 2 heterocycles. The van der Waals surface area contributed by atoms with Gasteiger partial charge in [-0.2, -0.15) is 0 Å². The van der Waals surface area contributed by atoms with Gasteiger partial charge in [-0.15, -0.1) is 0 Å². The lowest BCUT2D eigenvalue weighted by atomic mass is 10.3. The average Bonchev–Trinajstić information content (AvgIpc) is 2.59. The highest BCUT2D eigenvalue weighted by Gasteiger charge is 2.14. The van der Waals surface area contributed by atoms with Crippen LogP contribution in [0.15, 0.2) is 12.3 Å². The SMILES string of the molecule is CCCC(=O)NCC(=O)NCc1ccnc(N2CCOCC2)n1. The Hall–Kier alpha value is -2.22. The Morgan fingerprint density at radius 3 is 2.78 bits per heavy atom. The number of nitrogens with zero attached hydrogens (tertiary/aromatic N) is 3. The van der Waals surface area contributed by atoms with E-state index >= 15 is 0 Å². The molecule has 0 spiro atoms. The second-order valence-electron chi connectivity index (χ2n) is 5.25. The molecular formula is C15H23N5O3. The number of ether oxygens (including phenoxy) is 1. The summed E-state index contributed by atoms with van der Waals surface area (Å²) in [5.74, 6) is 0.302. The minimum absolute atomic E-state index is 0.0137. The Bertz CT molecular complexity index is 532. The first-order chi connectivity index (χ1) is 11.2. The van der Waals surface area contributed by atoms with Crippen LogP contribution in [0.5, 0.6) is 0 Å². The molecule has 0 aromatic carbocycles. The monoisotopic (exact) mass is 321 g/mol. The zero-order valence-corrected chi connectivity index (χ0v) is 13.4. The van der Waals surface area contributed by atoms with E-state index in [0.717, 1.165) is 25.2 Å². The van der Waals surface area contributed by atoms with Gasteiger partial charge in [-0.1, -0.05) is 6.92 Å². The fourth-order valence-electron chi connectivity index (χ4n) is 2.14. The molecule has 8 nitrogen and oxygen atoms in total. The Labute approximate surface area is 135 Å². The van der Waals surface area contributed by atoms with Crippen molar-refractivity contribution in [2.45, 2.75) is 26.3 Å². The van der Waals surface area contributed by atoms with E-state index in [1.807, 2.05) is 6.92 Å². The van der Waals surface area contributed by atoms with Crippen LogP contribution in [0.2, 0.25) is 0 Å². The predicted molar refractivity (Wildman–Crippen MR) is 84.8 cm³/mol. The maximum atomic E-state index is 11.7. The van der Waals surface area contributed by atoms with Gasteiger partial charge in [-0.05, 0) is 12.5 Å². The molecule has 2 amide bonds. The van der Waals surface area contributed by atoms with Gasteiger partial charge in [0.05, 0.1) is 32.0 Å². The molecule has 0 atom stereocenters. The lowest BCUT2D eigenvalue weighted by molar-refractivity contribution is -0.126. The summed E-state index contributed by atoms with van der Waals surface area (Å²) in [6, 6.07) is 1.76. The lowest BCUT2D eigenvalue weighted by Gasteiger charge is -2.26. The average molecular weight is 321 g/mol. The van der Waals surface area contributed by atoms with E-state index in [1.54, 1.807) is 12.3 Å². The molecular weight excluding hydrogens is 298 g/mol. The van der Waals surface area contributed by atoms with Crippen molar-refractivity contribution in [1.82, 2.24) is 20.6 Å². The van der Waals surface area contributed by atoms with Gasteiger partial charge in [0.25, 0.3) is 0 Å². The minimum atomic E-state index is -0.235. The number of hydrogen-bond acceptors (Lipinski definition) is 6. The number of nitrogens with one attached hydrogen (secondary N) is 2. The molecule has 1 aromatic heterocycles. The number of hydrogen-bond donors (Lipinski definition) is 2. The van der Waals surface area contributed by atoms with Gasteiger partial charge in [0.1, 0.15) is 0 Å². The predicted octanol–water partition coefficient (Wildman–Crippen LogP) is -0.154. The van der Waals surface area contributed by atoms with E-state index in [9.17, 15) is 9.59 Å². The van der Waals surface area contributed by atoms with Crippen molar-refractivity contribution in [3.8, 4) is 0 Å². The van der Waals surface area contributed by atoms with Crippen LogP contribution in [0.1, 0.15) is 25.5 Å².